The van der Waals surface area contributed by atoms with Crippen molar-refractivity contribution < 1.29 is 0 Å². The molecule has 0 aliphatic carbocycles. The smallest absolute Gasteiger partial charge is 0.0463 e. The molecule has 2 rings (SSSR count). The van der Waals surface area contributed by atoms with E-state index in [1.807, 2.05) is 0 Å². The summed E-state index contributed by atoms with van der Waals surface area (Å²) >= 11 is 0. The van der Waals surface area contributed by atoms with Gasteiger partial charge in [-0.2, -0.15) is 0 Å². The fourth-order valence-corrected chi connectivity index (χ4v) is 2.60. The van der Waals surface area contributed by atoms with E-state index in [0.29, 0.717) is 6.04 Å². The Morgan fingerprint density at radius 1 is 1.39 bits per heavy atom. The minimum atomic E-state index is 0.0865. The van der Waals surface area contributed by atoms with Crippen LogP contribution in [0.25, 0.3) is 0 Å². The first kappa shape index (κ1) is 13.5. The van der Waals surface area contributed by atoms with Crippen LogP contribution in [0.1, 0.15) is 30.5 Å². The zero-order valence-corrected chi connectivity index (χ0v) is 11.5. The number of nitrogens with two attached hydrogens (primary N) is 1. The third kappa shape index (κ3) is 3.31. The molecule has 18 heavy (non-hydrogen) atoms. The average Bonchev–Trinajstić information content (AvgIpc) is 2.39. The number of aryl methyl sites for hydroxylation is 1. The lowest BCUT2D eigenvalue weighted by Crippen LogP contribution is -2.53. The molecule has 100 valence electrons. The van der Waals surface area contributed by atoms with Crippen LogP contribution in [0, 0.1) is 0 Å². The Morgan fingerprint density at radius 3 is 2.72 bits per heavy atom. The van der Waals surface area contributed by atoms with Gasteiger partial charge in [-0.05, 0) is 24.6 Å². The lowest BCUT2D eigenvalue weighted by molar-refractivity contribution is 0.220. The van der Waals surface area contributed by atoms with Gasteiger partial charge in [-0.25, -0.2) is 0 Å². The zero-order valence-electron chi connectivity index (χ0n) is 11.5. The van der Waals surface area contributed by atoms with E-state index in [1.54, 1.807) is 0 Å². The van der Waals surface area contributed by atoms with Gasteiger partial charge in [-0.15, -0.1) is 0 Å². The summed E-state index contributed by atoms with van der Waals surface area (Å²) in [5, 5.41) is 3.52. The van der Waals surface area contributed by atoms with Crippen LogP contribution in [0.5, 0.6) is 0 Å². The van der Waals surface area contributed by atoms with Crippen molar-refractivity contribution in [3.8, 4) is 0 Å². The van der Waals surface area contributed by atoms with Gasteiger partial charge in [0.05, 0.1) is 0 Å². The highest BCUT2D eigenvalue weighted by Gasteiger charge is 2.23. The molecule has 0 spiro atoms. The maximum Gasteiger partial charge on any atom is 0.0463 e. The molecule has 3 nitrogen and oxygen atoms in total. The number of nitrogens with zero attached hydrogens (tertiary/aromatic N) is 1. The first-order valence-electron chi connectivity index (χ1n) is 6.97. The number of nitrogens with one attached hydrogen (secondary N) is 1. The maximum absolute atomic E-state index is 6.37. The van der Waals surface area contributed by atoms with E-state index in [4.69, 9.17) is 5.73 Å². The predicted molar refractivity (Wildman–Crippen MR) is 76.7 cm³/mol. The number of piperazine rings is 1. The highest BCUT2D eigenvalue weighted by Crippen LogP contribution is 2.17. The third-order valence-electron chi connectivity index (χ3n) is 3.75. The van der Waals surface area contributed by atoms with E-state index in [0.717, 1.165) is 26.1 Å². The van der Waals surface area contributed by atoms with Gasteiger partial charge < -0.3 is 16.0 Å². The Morgan fingerprint density at radius 2 is 2.11 bits per heavy atom. The summed E-state index contributed by atoms with van der Waals surface area (Å²) in [6.45, 7) is 5.38. The van der Waals surface area contributed by atoms with Gasteiger partial charge in [0, 0.05) is 31.7 Å². The van der Waals surface area contributed by atoms with Gasteiger partial charge in [0.1, 0.15) is 0 Å². The summed E-state index contributed by atoms with van der Waals surface area (Å²) in [5.41, 5.74) is 9.01. The third-order valence-corrected chi connectivity index (χ3v) is 3.75. The SMILES string of the molecule is CCCc1ccc(C(N)C2CN(C)CCN2)cc1. The van der Waals surface area contributed by atoms with Gasteiger partial charge in [0.25, 0.3) is 0 Å². The fraction of sp³-hybridized carbons (Fsp3) is 0.600. The quantitative estimate of drug-likeness (QED) is 0.848. The molecule has 0 bridgehead atoms. The minimum absolute atomic E-state index is 0.0865. The molecule has 0 radical (unpaired) electrons. The summed E-state index contributed by atoms with van der Waals surface area (Å²) in [4.78, 5) is 2.34. The molecule has 0 amide bonds. The summed E-state index contributed by atoms with van der Waals surface area (Å²) in [6.07, 6.45) is 2.35. The van der Waals surface area contributed by atoms with Crippen LogP contribution in [0.15, 0.2) is 24.3 Å². The van der Waals surface area contributed by atoms with E-state index in [-0.39, 0.29) is 6.04 Å². The monoisotopic (exact) mass is 247 g/mol. The number of benzene rings is 1. The maximum atomic E-state index is 6.37. The number of hydrogen-bond donors (Lipinski definition) is 2. The number of likely N-dealkylation sites (N-methyl/N-ethyl adjacent to an activating group) is 1. The van der Waals surface area contributed by atoms with Crippen molar-refractivity contribution >= 4 is 0 Å². The van der Waals surface area contributed by atoms with E-state index in [2.05, 4.69) is 48.5 Å². The number of hydrogen-bond acceptors (Lipinski definition) is 3. The Bertz CT molecular complexity index is 361. The van der Waals surface area contributed by atoms with Gasteiger partial charge in [-0.1, -0.05) is 37.6 Å². The minimum Gasteiger partial charge on any atom is -0.323 e. The zero-order chi connectivity index (χ0) is 13.0. The standard InChI is InChI=1S/C15H25N3/c1-3-4-12-5-7-13(8-6-12)15(16)14-11-18(2)10-9-17-14/h5-8,14-15,17H,3-4,9-11,16H2,1-2H3. The molecule has 3 heteroatoms. The van der Waals surface area contributed by atoms with Crippen molar-refractivity contribution in [3.63, 3.8) is 0 Å². The summed E-state index contributed by atoms with van der Waals surface area (Å²) in [7, 11) is 2.16. The summed E-state index contributed by atoms with van der Waals surface area (Å²) in [6, 6.07) is 9.25. The normalized spacial score (nSPS) is 22.9. The Balaban J connectivity index is 2.01. The highest BCUT2D eigenvalue weighted by atomic mass is 15.2. The van der Waals surface area contributed by atoms with Crippen LogP contribution in [0.2, 0.25) is 0 Å². The van der Waals surface area contributed by atoms with Crippen molar-refractivity contribution in [2.24, 2.45) is 5.73 Å². The second kappa shape index (κ2) is 6.32. The van der Waals surface area contributed by atoms with Crippen LogP contribution in [0.4, 0.5) is 0 Å². The van der Waals surface area contributed by atoms with Crippen LogP contribution < -0.4 is 11.1 Å². The molecule has 1 aromatic carbocycles. The van der Waals surface area contributed by atoms with E-state index in [1.165, 1.54) is 17.5 Å². The van der Waals surface area contributed by atoms with Gasteiger partial charge in [0.15, 0.2) is 0 Å². The molecule has 1 fully saturated rings. The van der Waals surface area contributed by atoms with Crippen molar-refractivity contribution in [3.05, 3.63) is 35.4 Å². The Hall–Kier alpha value is -0.900. The largest absolute Gasteiger partial charge is 0.323 e. The molecule has 1 aromatic rings. The molecule has 0 aromatic heterocycles. The highest BCUT2D eigenvalue weighted by molar-refractivity contribution is 5.26. The lowest BCUT2D eigenvalue weighted by atomic mass is 9.97. The Kier molecular flexibility index (Phi) is 4.75. The number of rotatable bonds is 4. The molecule has 2 atom stereocenters. The molecule has 1 heterocycles. The van der Waals surface area contributed by atoms with E-state index >= 15 is 0 Å². The molecule has 2 unspecified atom stereocenters. The molecule has 0 saturated carbocycles. The van der Waals surface area contributed by atoms with Crippen LogP contribution >= 0.6 is 0 Å². The van der Waals surface area contributed by atoms with Crippen molar-refractivity contribution in [1.82, 2.24) is 10.2 Å². The molecule has 1 aliphatic heterocycles. The van der Waals surface area contributed by atoms with Gasteiger partial charge in [0.2, 0.25) is 0 Å². The van der Waals surface area contributed by atoms with Crippen LogP contribution in [-0.2, 0) is 6.42 Å². The fourth-order valence-electron chi connectivity index (χ4n) is 2.60. The van der Waals surface area contributed by atoms with Crippen LogP contribution in [0.3, 0.4) is 0 Å². The second-order valence-electron chi connectivity index (χ2n) is 5.34. The molecule has 3 N–H and O–H groups in total. The first-order chi connectivity index (χ1) is 8.70. The second-order valence-corrected chi connectivity index (χ2v) is 5.34. The van der Waals surface area contributed by atoms with Crippen LogP contribution in [-0.4, -0.2) is 37.6 Å². The van der Waals surface area contributed by atoms with Crippen molar-refractivity contribution in [2.75, 3.05) is 26.7 Å². The van der Waals surface area contributed by atoms with Gasteiger partial charge >= 0.3 is 0 Å². The topological polar surface area (TPSA) is 41.3 Å². The van der Waals surface area contributed by atoms with Crippen molar-refractivity contribution in [2.45, 2.75) is 31.8 Å². The first-order valence-corrected chi connectivity index (χ1v) is 6.97. The average molecular weight is 247 g/mol. The predicted octanol–water partition coefficient (Wildman–Crippen LogP) is 1.54. The molecular weight excluding hydrogens is 222 g/mol. The Labute approximate surface area is 110 Å². The molecular formula is C15H25N3. The van der Waals surface area contributed by atoms with Crippen molar-refractivity contribution in [1.29, 1.82) is 0 Å². The molecule has 1 aliphatic rings. The van der Waals surface area contributed by atoms with Gasteiger partial charge in [-0.3, -0.25) is 0 Å². The summed E-state index contributed by atoms with van der Waals surface area (Å²) in [5.74, 6) is 0. The lowest BCUT2D eigenvalue weighted by Gasteiger charge is -2.34. The summed E-state index contributed by atoms with van der Waals surface area (Å²) < 4.78 is 0. The van der Waals surface area contributed by atoms with E-state index < -0.39 is 0 Å². The van der Waals surface area contributed by atoms with E-state index in [9.17, 15) is 0 Å². The molecule has 1 saturated heterocycles.